The van der Waals surface area contributed by atoms with E-state index in [2.05, 4.69) is 39.3 Å². The molecule has 0 aliphatic rings. The summed E-state index contributed by atoms with van der Waals surface area (Å²) in [7, 11) is 0. The zero-order valence-corrected chi connectivity index (χ0v) is 13.4. The first-order valence-electron chi connectivity index (χ1n) is 7.42. The van der Waals surface area contributed by atoms with Crippen LogP contribution in [0.25, 0.3) is 27.2 Å². The number of aromatic nitrogens is 3. The van der Waals surface area contributed by atoms with Crippen LogP contribution in [0.2, 0.25) is 5.02 Å². The van der Waals surface area contributed by atoms with Crippen molar-refractivity contribution in [2.45, 2.75) is 26.2 Å². The maximum absolute atomic E-state index is 8.55. The standard InChI is InChI=1S/C16H15ClN6/c1-2-3-4-11-5-7-12(8-6-11)23-20-15-9-13(17)14(19-22-18)10-16(15)21-23/h5-10H,2-4H2,1H3. The van der Waals surface area contributed by atoms with Gasteiger partial charge in [-0.15, -0.1) is 10.2 Å². The lowest BCUT2D eigenvalue weighted by Gasteiger charge is -2.02. The van der Waals surface area contributed by atoms with Crippen molar-refractivity contribution in [1.82, 2.24) is 15.0 Å². The first-order valence-corrected chi connectivity index (χ1v) is 7.80. The number of unbranched alkanes of at least 4 members (excludes halogenated alkanes) is 1. The summed E-state index contributed by atoms with van der Waals surface area (Å²) in [6.07, 6.45) is 3.45. The van der Waals surface area contributed by atoms with E-state index >= 15 is 0 Å². The number of aryl methyl sites for hydroxylation is 1. The minimum absolute atomic E-state index is 0.351. The molecule has 3 aromatic rings. The lowest BCUT2D eigenvalue weighted by atomic mass is 10.1. The van der Waals surface area contributed by atoms with E-state index in [1.807, 2.05) is 12.1 Å². The van der Waals surface area contributed by atoms with Gasteiger partial charge in [-0.3, -0.25) is 0 Å². The van der Waals surface area contributed by atoms with Gasteiger partial charge in [0.1, 0.15) is 11.0 Å². The Labute approximate surface area is 138 Å². The summed E-state index contributed by atoms with van der Waals surface area (Å²) in [6.45, 7) is 2.18. The molecule has 0 bridgehead atoms. The molecule has 3 rings (SSSR count). The molecule has 7 heteroatoms. The number of benzene rings is 2. The Morgan fingerprint density at radius 1 is 1.17 bits per heavy atom. The number of hydrogen-bond acceptors (Lipinski definition) is 3. The lowest BCUT2D eigenvalue weighted by Crippen LogP contribution is -1.98. The molecular formula is C16H15ClN6. The highest BCUT2D eigenvalue weighted by atomic mass is 35.5. The van der Waals surface area contributed by atoms with Crippen LogP contribution in [0.4, 0.5) is 5.69 Å². The summed E-state index contributed by atoms with van der Waals surface area (Å²) in [6, 6.07) is 11.5. The van der Waals surface area contributed by atoms with Crippen LogP contribution < -0.4 is 0 Å². The van der Waals surface area contributed by atoms with Gasteiger partial charge in [-0.25, -0.2) is 0 Å². The molecule has 0 aliphatic carbocycles. The molecule has 23 heavy (non-hydrogen) atoms. The number of azide groups is 1. The van der Waals surface area contributed by atoms with Gasteiger partial charge in [0, 0.05) is 4.91 Å². The molecule has 2 aromatic carbocycles. The summed E-state index contributed by atoms with van der Waals surface area (Å²) in [5.41, 5.74) is 12.4. The highest BCUT2D eigenvalue weighted by molar-refractivity contribution is 6.33. The van der Waals surface area contributed by atoms with Gasteiger partial charge in [-0.2, -0.15) is 4.80 Å². The van der Waals surface area contributed by atoms with Crippen LogP contribution in [0.3, 0.4) is 0 Å². The minimum Gasteiger partial charge on any atom is -0.150 e. The molecule has 0 fully saturated rings. The Balaban J connectivity index is 1.95. The van der Waals surface area contributed by atoms with Crippen molar-refractivity contribution in [1.29, 1.82) is 0 Å². The average molecular weight is 327 g/mol. The van der Waals surface area contributed by atoms with Crippen LogP contribution in [-0.2, 0) is 6.42 Å². The molecule has 116 valence electrons. The van der Waals surface area contributed by atoms with Gasteiger partial charge in [0.2, 0.25) is 0 Å². The Morgan fingerprint density at radius 3 is 2.52 bits per heavy atom. The average Bonchev–Trinajstić information content (AvgIpc) is 2.96. The summed E-state index contributed by atoms with van der Waals surface area (Å²) in [5.74, 6) is 0. The molecule has 6 nitrogen and oxygen atoms in total. The molecule has 1 heterocycles. The SMILES string of the molecule is CCCCc1ccc(-n2nc3cc(Cl)c(N=[N+]=[N-])cc3n2)cc1. The Morgan fingerprint density at radius 2 is 1.87 bits per heavy atom. The van der Waals surface area contributed by atoms with E-state index in [1.165, 1.54) is 18.4 Å². The van der Waals surface area contributed by atoms with Crippen molar-refractivity contribution < 1.29 is 0 Å². The second kappa shape index (κ2) is 6.69. The monoisotopic (exact) mass is 326 g/mol. The van der Waals surface area contributed by atoms with E-state index in [-0.39, 0.29) is 0 Å². The zero-order valence-electron chi connectivity index (χ0n) is 12.6. The third-order valence-electron chi connectivity index (χ3n) is 3.59. The Hall–Kier alpha value is -2.56. The number of hydrogen-bond donors (Lipinski definition) is 0. The van der Waals surface area contributed by atoms with Crippen LogP contribution in [0.15, 0.2) is 41.5 Å². The Kier molecular flexibility index (Phi) is 4.46. The molecule has 0 aliphatic heterocycles. The molecule has 0 amide bonds. The Bertz CT molecular complexity index is 877. The third kappa shape index (κ3) is 3.28. The maximum Gasteiger partial charge on any atom is 0.115 e. The van der Waals surface area contributed by atoms with Crippen molar-refractivity contribution in [3.63, 3.8) is 0 Å². The van der Waals surface area contributed by atoms with Gasteiger partial charge in [0.15, 0.2) is 0 Å². The summed E-state index contributed by atoms with van der Waals surface area (Å²) < 4.78 is 0. The van der Waals surface area contributed by atoms with Gasteiger partial charge in [-0.1, -0.05) is 42.2 Å². The molecule has 0 unspecified atom stereocenters. The van der Waals surface area contributed by atoms with Crippen LogP contribution >= 0.6 is 11.6 Å². The van der Waals surface area contributed by atoms with Gasteiger partial charge in [0.25, 0.3) is 0 Å². The predicted molar refractivity (Wildman–Crippen MR) is 91.3 cm³/mol. The second-order valence-electron chi connectivity index (χ2n) is 5.24. The third-order valence-corrected chi connectivity index (χ3v) is 3.89. The quantitative estimate of drug-likeness (QED) is 0.359. The summed E-state index contributed by atoms with van der Waals surface area (Å²) >= 11 is 6.06. The van der Waals surface area contributed by atoms with E-state index in [0.29, 0.717) is 21.7 Å². The zero-order chi connectivity index (χ0) is 16.2. The molecule has 0 radical (unpaired) electrons. The lowest BCUT2D eigenvalue weighted by molar-refractivity contribution is 0.762. The van der Waals surface area contributed by atoms with E-state index in [0.717, 1.165) is 12.1 Å². The molecule has 1 aromatic heterocycles. The normalized spacial score (nSPS) is 10.7. The molecular weight excluding hydrogens is 312 g/mol. The van der Waals surface area contributed by atoms with Crippen molar-refractivity contribution in [3.8, 4) is 5.69 Å². The van der Waals surface area contributed by atoms with Gasteiger partial charge < -0.3 is 0 Å². The number of rotatable bonds is 5. The molecule has 0 saturated carbocycles. The molecule has 0 spiro atoms. The molecule has 0 atom stereocenters. The van der Waals surface area contributed by atoms with Crippen LogP contribution in [0.1, 0.15) is 25.3 Å². The summed E-state index contributed by atoms with van der Waals surface area (Å²) in [4.78, 5) is 4.32. The van der Waals surface area contributed by atoms with Crippen molar-refractivity contribution >= 4 is 28.3 Å². The number of fused-ring (bicyclic) bond motifs is 1. The first-order chi connectivity index (χ1) is 11.2. The van der Waals surface area contributed by atoms with Crippen LogP contribution in [-0.4, -0.2) is 15.0 Å². The fourth-order valence-corrected chi connectivity index (χ4v) is 2.54. The summed E-state index contributed by atoms with van der Waals surface area (Å²) in [5, 5.41) is 12.8. The first kappa shape index (κ1) is 15.3. The van der Waals surface area contributed by atoms with Gasteiger partial charge in [0.05, 0.1) is 16.4 Å². The molecule has 0 N–H and O–H groups in total. The van der Waals surface area contributed by atoms with Crippen LogP contribution in [0.5, 0.6) is 0 Å². The highest BCUT2D eigenvalue weighted by Gasteiger charge is 2.08. The maximum atomic E-state index is 8.55. The van der Waals surface area contributed by atoms with Gasteiger partial charge in [-0.05, 0) is 48.2 Å². The minimum atomic E-state index is 0.351. The predicted octanol–water partition coefficient (Wildman–Crippen LogP) is 5.36. The van der Waals surface area contributed by atoms with Crippen LogP contribution in [0, 0.1) is 0 Å². The van der Waals surface area contributed by atoms with Gasteiger partial charge >= 0.3 is 0 Å². The van der Waals surface area contributed by atoms with Crippen molar-refractivity contribution in [3.05, 3.63) is 57.4 Å². The number of halogens is 1. The van der Waals surface area contributed by atoms with E-state index in [9.17, 15) is 0 Å². The number of nitrogens with zero attached hydrogens (tertiary/aromatic N) is 6. The van der Waals surface area contributed by atoms with E-state index in [1.54, 1.807) is 16.9 Å². The van der Waals surface area contributed by atoms with Crippen molar-refractivity contribution in [2.24, 2.45) is 5.11 Å². The van der Waals surface area contributed by atoms with Crippen molar-refractivity contribution in [2.75, 3.05) is 0 Å². The highest BCUT2D eigenvalue weighted by Crippen LogP contribution is 2.29. The van der Waals surface area contributed by atoms with E-state index in [4.69, 9.17) is 17.1 Å². The smallest absolute Gasteiger partial charge is 0.115 e. The van der Waals surface area contributed by atoms with E-state index < -0.39 is 0 Å². The fraction of sp³-hybridized carbons (Fsp3) is 0.250. The molecule has 0 saturated heterocycles. The fourth-order valence-electron chi connectivity index (χ4n) is 2.34. The largest absolute Gasteiger partial charge is 0.150 e. The topological polar surface area (TPSA) is 79.5 Å². The second-order valence-corrected chi connectivity index (χ2v) is 5.65.